The van der Waals surface area contributed by atoms with E-state index in [-0.39, 0.29) is 12.5 Å². The number of aryl methyl sites for hydroxylation is 1. The molecule has 0 bridgehead atoms. The number of aliphatic imine (C=N–C) groups is 1. The maximum atomic E-state index is 11.6. The normalized spacial score (nSPS) is 14.9. The van der Waals surface area contributed by atoms with Gasteiger partial charge in [0.15, 0.2) is 5.96 Å². The van der Waals surface area contributed by atoms with Crippen LogP contribution >= 0.6 is 11.3 Å². The van der Waals surface area contributed by atoms with E-state index in [1.54, 1.807) is 11.3 Å². The van der Waals surface area contributed by atoms with Crippen LogP contribution in [0.3, 0.4) is 0 Å². The second-order valence-corrected chi connectivity index (χ2v) is 6.16. The highest BCUT2D eigenvalue weighted by atomic mass is 32.1. The van der Waals surface area contributed by atoms with Crippen LogP contribution in [-0.4, -0.2) is 36.0 Å². The zero-order chi connectivity index (χ0) is 15.1. The minimum Gasteiger partial charge on any atom is -0.357 e. The highest BCUT2D eigenvalue weighted by Crippen LogP contribution is 2.18. The van der Waals surface area contributed by atoms with Gasteiger partial charge in [-0.2, -0.15) is 0 Å². The Morgan fingerprint density at radius 2 is 2.24 bits per heavy atom. The van der Waals surface area contributed by atoms with Gasteiger partial charge in [-0.25, -0.2) is 9.98 Å². The Bertz CT molecular complexity index is 495. The second-order valence-electron chi connectivity index (χ2n) is 4.96. The van der Waals surface area contributed by atoms with Gasteiger partial charge in [0, 0.05) is 23.7 Å². The van der Waals surface area contributed by atoms with Gasteiger partial charge >= 0.3 is 0 Å². The van der Waals surface area contributed by atoms with Crippen molar-refractivity contribution in [1.82, 2.24) is 20.9 Å². The molecule has 0 aromatic carbocycles. The summed E-state index contributed by atoms with van der Waals surface area (Å²) in [5, 5.41) is 10.3. The largest absolute Gasteiger partial charge is 0.357 e. The Balaban J connectivity index is 1.80. The summed E-state index contributed by atoms with van der Waals surface area (Å²) in [4.78, 5) is 21.6. The summed E-state index contributed by atoms with van der Waals surface area (Å²) < 4.78 is 0. The topological polar surface area (TPSA) is 78.4 Å². The molecule has 0 spiro atoms. The van der Waals surface area contributed by atoms with E-state index in [2.05, 4.69) is 32.9 Å². The van der Waals surface area contributed by atoms with Gasteiger partial charge in [0.25, 0.3) is 0 Å². The molecule has 3 N–H and O–H groups in total. The van der Waals surface area contributed by atoms with Crippen molar-refractivity contribution in [1.29, 1.82) is 0 Å². The molecule has 1 aromatic rings. The number of hydrogen-bond donors (Lipinski definition) is 3. The smallest absolute Gasteiger partial charge is 0.242 e. The van der Waals surface area contributed by atoms with Crippen LogP contribution in [0, 0.1) is 0 Å². The van der Waals surface area contributed by atoms with Crippen molar-refractivity contribution in [2.75, 3.05) is 13.1 Å². The molecule has 1 aromatic heterocycles. The molecule has 0 radical (unpaired) electrons. The summed E-state index contributed by atoms with van der Waals surface area (Å²) in [5.74, 6) is 0.633. The maximum absolute atomic E-state index is 11.6. The Hall–Kier alpha value is -1.63. The zero-order valence-electron chi connectivity index (χ0n) is 12.6. The number of amides is 1. The van der Waals surface area contributed by atoms with E-state index in [1.165, 1.54) is 4.88 Å². The molecule has 1 fully saturated rings. The summed E-state index contributed by atoms with van der Waals surface area (Å²) in [5.41, 5.74) is 0. The van der Waals surface area contributed by atoms with Crippen LogP contribution in [-0.2, 0) is 17.8 Å². The maximum Gasteiger partial charge on any atom is 0.242 e. The summed E-state index contributed by atoms with van der Waals surface area (Å²) in [7, 11) is 0. The van der Waals surface area contributed by atoms with Crippen LogP contribution in [0.1, 0.15) is 36.6 Å². The first-order valence-electron chi connectivity index (χ1n) is 7.46. The van der Waals surface area contributed by atoms with Gasteiger partial charge in [-0.15, -0.1) is 11.3 Å². The first-order chi connectivity index (χ1) is 10.2. The number of hydrogen-bond acceptors (Lipinski definition) is 4. The molecule has 116 valence electrons. The lowest BCUT2D eigenvalue weighted by Gasteiger charge is -2.10. The number of carbonyl (C=O) groups is 1. The van der Waals surface area contributed by atoms with Crippen LogP contribution in [0.4, 0.5) is 0 Å². The number of carbonyl (C=O) groups excluding carboxylic acids is 1. The van der Waals surface area contributed by atoms with Crippen molar-refractivity contribution in [3.05, 3.63) is 16.1 Å². The van der Waals surface area contributed by atoms with Crippen molar-refractivity contribution in [2.45, 2.75) is 45.7 Å². The van der Waals surface area contributed by atoms with Crippen LogP contribution < -0.4 is 16.0 Å². The van der Waals surface area contributed by atoms with Crippen molar-refractivity contribution < 1.29 is 4.79 Å². The molecule has 1 aliphatic rings. The third-order valence-electron chi connectivity index (χ3n) is 3.02. The van der Waals surface area contributed by atoms with Crippen molar-refractivity contribution in [2.24, 2.45) is 4.99 Å². The first-order valence-corrected chi connectivity index (χ1v) is 8.28. The van der Waals surface area contributed by atoms with Gasteiger partial charge in [-0.05, 0) is 26.2 Å². The Morgan fingerprint density at radius 1 is 1.43 bits per heavy atom. The third kappa shape index (κ3) is 5.71. The highest BCUT2D eigenvalue weighted by Gasteiger charge is 2.22. The van der Waals surface area contributed by atoms with Crippen LogP contribution in [0.5, 0.6) is 0 Å². The van der Waals surface area contributed by atoms with Crippen molar-refractivity contribution >= 4 is 23.2 Å². The third-order valence-corrected chi connectivity index (χ3v) is 4.17. The lowest BCUT2D eigenvalue weighted by Crippen LogP contribution is -2.38. The van der Waals surface area contributed by atoms with Crippen LogP contribution in [0.25, 0.3) is 0 Å². The summed E-state index contributed by atoms with van der Waals surface area (Å²) in [6.07, 6.45) is 5.11. The molecule has 1 aliphatic carbocycles. The van der Waals surface area contributed by atoms with Crippen LogP contribution in [0.2, 0.25) is 0 Å². The molecule has 0 aliphatic heterocycles. The molecular formula is C14H23N5OS. The van der Waals surface area contributed by atoms with Gasteiger partial charge in [-0.3, -0.25) is 4.79 Å². The average Bonchev–Trinajstić information content (AvgIpc) is 3.17. The highest BCUT2D eigenvalue weighted by molar-refractivity contribution is 7.11. The molecule has 2 rings (SSSR count). The van der Waals surface area contributed by atoms with Crippen molar-refractivity contribution in [3.63, 3.8) is 0 Å². The number of rotatable bonds is 7. The van der Waals surface area contributed by atoms with E-state index in [9.17, 15) is 4.79 Å². The van der Waals surface area contributed by atoms with Gasteiger partial charge in [0.1, 0.15) is 11.6 Å². The molecule has 1 saturated carbocycles. The van der Waals surface area contributed by atoms with E-state index in [0.29, 0.717) is 18.5 Å². The van der Waals surface area contributed by atoms with Gasteiger partial charge < -0.3 is 16.0 Å². The van der Waals surface area contributed by atoms with E-state index in [0.717, 1.165) is 30.8 Å². The predicted molar refractivity (Wildman–Crippen MR) is 85.5 cm³/mol. The number of aromatic nitrogens is 1. The molecule has 21 heavy (non-hydrogen) atoms. The van der Waals surface area contributed by atoms with E-state index < -0.39 is 0 Å². The van der Waals surface area contributed by atoms with E-state index >= 15 is 0 Å². The fraction of sp³-hybridized carbons (Fsp3) is 0.643. The number of guanidine groups is 1. The Morgan fingerprint density at radius 3 is 2.86 bits per heavy atom. The lowest BCUT2D eigenvalue weighted by atomic mass is 10.4. The van der Waals surface area contributed by atoms with Crippen LogP contribution in [0.15, 0.2) is 11.2 Å². The molecule has 0 unspecified atom stereocenters. The fourth-order valence-electron chi connectivity index (χ4n) is 1.75. The second kappa shape index (κ2) is 7.97. The number of thiazole rings is 1. The fourth-order valence-corrected chi connectivity index (χ4v) is 2.55. The molecular weight excluding hydrogens is 286 g/mol. The summed E-state index contributed by atoms with van der Waals surface area (Å²) in [6, 6.07) is 0.381. The SMILES string of the molecule is CCNC(=NCC(=O)NC1CC1)NCc1ncc(CC)s1. The first kappa shape index (κ1) is 15.8. The molecule has 0 atom stereocenters. The van der Waals surface area contributed by atoms with Crippen molar-refractivity contribution in [3.8, 4) is 0 Å². The molecule has 7 heteroatoms. The zero-order valence-corrected chi connectivity index (χ0v) is 13.4. The van der Waals surface area contributed by atoms with Gasteiger partial charge in [0.05, 0.1) is 6.54 Å². The summed E-state index contributed by atoms with van der Waals surface area (Å²) in [6.45, 7) is 5.66. The predicted octanol–water partition coefficient (Wildman–Crippen LogP) is 1.04. The quantitative estimate of drug-likeness (QED) is 0.519. The monoisotopic (exact) mass is 309 g/mol. The standard InChI is InChI=1S/C14H23N5OS/c1-3-11-7-16-13(21-11)9-18-14(15-4-2)17-8-12(20)19-10-5-6-10/h7,10H,3-6,8-9H2,1-2H3,(H,19,20)(H2,15,17,18). The molecule has 6 nitrogen and oxygen atoms in total. The Kier molecular flexibility index (Phi) is 5.98. The van der Waals surface area contributed by atoms with Gasteiger partial charge in [0.2, 0.25) is 5.91 Å². The number of nitrogens with one attached hydrogen (secondary N) is 3. The van der Waals surface area contributed by atoms with E-state index in [4.69, 9.17) is 0 Å². The average molecular weight is 309 g/mol. The molecule has 1 heterocycles. The van der Waals surface area contributed by atoms with E-state index in [1.807, 2.05) is 13.1 Å². The Labute approximate surface area is 129 Å². The minimum absolute atomic E-state index is 0.0165. The van der Waals surface area contributed by atoms with Gasteiger partial charge in [-0.1, -0.05) is 6.92 Å². The molecule has 1 amide bonds. The summed E-state index contributed by atoms with van der Waals surface area (Å²) >= 11 is 1.70. The molecule has 0 saturated heterocycles. The number of nitrogens with zero attached hydrogens (tertiary/aromatic N) is 2. The minimum atomic E-state index is -0.0165. The lowest BCUT2D eigenvalue weighted by molar-refractivity contribution is -0.119.